The molecule has 0 saturated heterocycles. The molecule has 1 N–H and O–H groups in total. The molecule has 0 atom stereocenters. The SMILES string of the molecule is O=S(=O)(F)c1c[nH]c2nccc(Cl)c12. The molecule has 0 spiro atoms. The van der Waals surface area contributed by atoms with Gasteiger partial charge in [0.15, 0.2) is 0 Å². The first-order valence-electron chi connectivity index (χ1n) is 3.56. The van der Waals surface area contributed by atoms with Crippen LogP contribution in [0.1, 0.15) is 0 Å². The lowest BCUT2D eigenvalue weighted by Crippen LogP contribution is -1.90. The van der Waals surface area contributed by atoms with Crippen LogP contribution in [0.15, 0.2) is 23.4 Å². The number of pyridine rings is 1. The predicted molar refractivity (Wildman–Crippen MR) is 49.4 cm³/mol. The standard InChI is InChI=1S/C7H4ClFN2O2S/c8-4-1-2-10-7-6(4)5(3-11-7)14(9,12)13/h1-3H,(H,10,11). The third-order valence-corrected chi connectivity index (χ3v) is 2.91. The van der Waals surface area contributed by atoms with Crippen molar-refractivity contribution in [2.45, 2.75) is 4.90 Å². The lowest BCUT2D eigenvalue weighted by Gasteiger charge is -1.94. The van der Waals surface area contributed by atoms with Crippen molar-refractivity contribution in [2.75, 3.05) is 0 Å². The number of nitrogens with one attached hydrogen (secondary N) is 1. The Morgan fingerprint density at radius 2 is 2.21 bits per heavy atom. The summed E-state index contributed by atoms with van der Waals surface area (Å²) in [5, 5.41) is 0.226. The van der Waals surface area contributed by atoms with Gasteiger partial charge in [0.25, 0.3) is 0 Å². The molecule has 0 bridgehead atoms. The van der Waals surface area contributed by atoms with Crippen LogP contribution in [0, 0.1) is 0 Å². The van der Waals surface area contributed by atoms with Crippen LogP contribution in [0.25, 0.3) is 11.0 Å². The van der Waals surface area contributed by atoms with Gasteiger partial charge >= 0.3 is 10.2 Å². The van der Waals surface area contributed by atoms with Crippen molar-refractivity contribution < 1.29 is 12.3 Å². The van der Waals surface area contributed by atoms with Gasteiger partial charge < -0.3 is 4.98 Å². The van der Waals surface area contributed by atoms with Gasteiger partial charge in [0.1, 0.15) is 10.5 Å². The fraction of sp³-hybridized carbons (Fsp3) is 0. The third kappa shape index (κ3) is 1.36. The van der Waals surface area contributed by atoms with Crippen molar-refractivity contribution in [1.82, 2.24) is 9.97 Å². The van der Waals surface area contributed by atoms with Crippen molar-refractivity contribution in [2.24, 2.45) is 0 Å². The molecule has 7 heteroatoms. The normalized spacial score (nSPS) is 12.1. The van der Waals surface area contributed by atoms with Gasteiger partial charge in [0.2, 0.25) is 0 Å². The molecule has 2 rings (SSSR count). The molecule has 2 heterocycles. The highest BCUT2D eigenvalue weighted by molar-refractivity contribution is 7.86. The summed E-state index contributed by atoms with van der Waals surface area (Å²) in [6, 6.07) is 1.40. The molecule has 14 heavy (non-hydrogen) atoms. The van der Waals surface area contributed by atoms with Crippen LogP contribution in [0.4, 0.5) is 3.89 Å². The molecule has 0 saturated carbocycles. The number of rotatable bonds is 1. The fourth-order valence-electron chi connectivity index (χ4n) is 1.18. The number of aromatic amines is 1. The van der Waals surface area contributed by atoms with Crippen LogP contribution in [0.2, 0.25) is 5.02 Å². The van der Waals surface area contributed by atoms with Crippen LogP contribution >= 0.6 is 11.6 Å². The molecule has 0 aliphatic heterocycles. The Morgan fingerprint density at radius 3 is 2.86 bits per heavy atom. The first kappa shape index (κ1) is 9.42. The van der Waals surface area contributed by atoms with E-state index >= 15 is 0 Å². The van der Waals surface area contributed by atoms with Gasteiger partial charge in [-0.05, 0) is 6.07 Å². The predicted octanol–water partition coefficient (Wildman–Crippen LogP) is 1.87. The van der Waals surface area contributed by atoms with Crippen molar-refractivity contribution in [3.05, 3.63) is 23.5 Å². The number of hydrogen-bond acceptors (Lipinski definition) is 3. The van der Waals surface area contributed by atoms with Crippen molar-refractivity contribution in [3.8, 4) is 0 Å². The summed E-state index contributed by atoms with van der Waals surface area (Å²) in [5.41, 5.74) is 0.244. The van der Waals surface area contributed by atoms with E-state index in [1.807, 2.05) is 0 Å². The summed E-state index contributed by atoms with van der Waals surface area (Å²) < 4.78 is 34.1. The topological polar surface area (TPSA) is 62.8 Å². The van der Waals surface area contributed by atoms with Crippen LogP contribution in [0.3, 0.4) is 0 Å². The molecule has 4 nitrogen and oxygen atoms in total. The molecule has 74 valence electrons. The minimum atomic E-state index is -4.76. The molecule has 0 unspecified atom stereocenters. The maximum atomic E-state index is 12.7. The Balaban J connectivity index is 2.94. The summed E-state index contributed by atoms with van der Waals surface area (Å²) >= 11 is 5.72. The third-order valence-electron chi connectivity index (χ3n) is 1.75. The van der Waals surface area contributed by atoms with Crippen molar-refractivity contribution in [3.63, 3.8) is 0 Å². The summed E-state index contributed by atoms with van der Waals surface area (Å²) in [6.07, 6.45) is 2.43. The van der Waals surface area contributed by atoms with E-state index < -0.39 is 15.1 Å². The van der Waals surface area contributed by atoms with Gasteiger partial charge in [0, 0.05) is 12.4 Å². The minimum absolute atomic E-state index is 0.0802. The van der Waals surface area contributed by atoms with Crippen LogP contribution in [0.5, 0.6) is 0 Å². The van der Waals surface area contributed by atoms with Crippen molar-refractivity contribution >= 4 is 32.9 Å². The Kier molecular flexibility index (Phi) is 1.97. The second-order valence-electron chi connectivity index (χ2n) is 2.61. The molecule has 0 fully saturated rings. The number of aromatic nitrogens is 2. The van der Waals surface area contributed by atoms with E-state index in [0.29, 0.717) is 0 Å². The lowest BCUT2D eigenvalue weighted by atomic mass is 10.3. The van der Waals surface area contributed by atoms with E-state index in [-0.39, 0.29) is 16.1 Å². The Labute approximate surface area is 83.9 Å². The van der Waals surface area contributed by atoms with E-state index in [9.17, 15) is 12.3 Å². The molecule has 2 aromatic rings. The number of H-pyrrole nitrogens is 1. The van der Waals surface area contributed by atoms with E-state index in [1.165, 1.54) is 12.3 Å². The minimum Gasteiger partial charge on any atom is -0.345 e. The van der Waals surface area contributed by atoms with E-state index in [2.05, 4.69) is 9.97 Å². The van der Waals surface area contributed by atoms with E-state index in [0.717, 1.165) is 6.20 Å². The Bertz CT molecular complexity index is 593. The molecular formula is C7H4ClFN2O2S. The molecule has 2 aromatic heterocycles. The number of hydrogen-bond donors (Lipinski definition) is 1. The van der Waals surface area contributed by atoms with Gasteiger partial charge in [-0.1, -0.05) is 11.6 Å². The zero-order chi connectivity index (χ0) is 10.3. The zero-order valence-corrected chi connectivity index (χ0v) is 8.23. The second-order valence-corrected chi connectivity index (χ2v) is 4.33. The van der Waals surface area contributed by atoms with Gasteiger partial charge in [-0.15, -0.1) is 3.89 Å². The highest BCUT2D eigenvalue weighted by Crippen LogP contribution is 2.28. The molecule has 0 radical (unpaired) electrons. The summed E-state index contributed by atoms with van der Waals surface area (Å²) in [7, 11) is -4.76. The highest BCUT2D eigenvalue weighted by Gasteiger charge is 2.19. The highest BCUT2D eigenvalue weighted by atomic mass is 35.5. The maximum absolute atomic E-state index is 12.7. The maximum Gasteiger partial charge on any atom is 0.334 e. The summed E-state index contributed by atoms with van der Waals surface area (Å²) in [6.45, 7) is 0. The molecule has 0 aliphatic rings. The van der Waals surface area contributed by atoms with Gasteiger partial charge in [0.05, 0.1) is 10.4 Å². The molecular weight excluding hydrogens is 231 g/mol. The number of fused-ring (bicyclic) bond motifs is 1. The Morgan fingerprint density at radius 1 is 1.50 bits per heavy atom. The van der Waals surface area contributed by atoms with Crippen LogP contribution in [-0.2, 0) is 10.2 Å². The van der Waals surface area contributed by atoms with Gasteiger partial charge in [-0.2, -0.15) is 8.42 Å². The first-order valence-corrected chi connectivity index (χ1v) is 5.32. The van der Waals surface area contributed by atoms with Gasteiger partial charge in [-0.25, -0.2) is 4.98 Å². The summed E-state index contributed by atoms with van der Waals surface area (Å²) in [5.74, 6) is 0. The van der Waals surface area contributed by atoms with Crippen molar-refractivity contribution in [1.29, 1.82) is 0 Å². The van der Waals surface area contributed by atoms with E-state index in [4.69, 9.17) is 11.6 Å². The number of nitrogens with zero attached hydrogens (tertiary/aromatic N) is 1. The fourth-order valence-corrected chi connectivity index (χ4v) is 2.13. The smallest absolute Gasteiger partial charge is 0.334 e. The monoisotopic (exact) mass is 234 g/mol. The van der Waals surface area contributed by atoms with Crippen LogP contribution in [-0.4, -0.2) is 18.4 Å². The first-order chi connectivity index (χ1) is 6.50. The van der Waals surface area contributed by atoms with Gasteiger partial charge in [-0.3, -0.25) is 0 Å². The second kappa shape index (κ2) is 2.93. The molecule has 0 amide bonds. The average molecular weight is 235 g/mol. The molecule has 0 aromatic carbocycles. The van der Waals surface area contributed by atoms with E-state index in [1.54, 1.807) is 0 Å². The summed E-state index contributed by atoms with van der Waals surface area (Å²) in [4.78, 5) is 5.84. The average Bonchev–Trinajstić information content (AvgIpc) is 2.47. The zero-order valence-electron chi connectivity index (χ0n) is 6.66. The number of halogens is 2. The van der Waals surface area contributed by atoms with Crippen LogP contribution < -0.4 is 0 Å². The Hall–Kier alpha value is -1.14. The lowest BCUT2D eigenvalue weighted by molar-refractivity contribution is 0.553. The quantitative estimate of drug-likeness (QED) is 0.767. The molecule has 0 aliphatic carbocycles. The largest absolute Gasteiger partial charge is 0.345 e.